The van der Waals surface area contributed by atoms with Crippen molar-refractivity contribution in [1.29, 1.82) is 0 Å². The van der Waals surface area contributed by atoms with Gasteiger partial charge in [0.2, 0.25) is 0 Å². The molecule has 0 aliphatic carbocycles. The van der Waals surface area contributed by atoms with Crippen LogP contribution >= 0.6 is 0 Å². The van der Waals surface area contributed by atoms with Crippen molar-refractivity contribution in [3.63, 3.8) is 0 Å². The Balaban J connectivity index is 1.19. The highest BCUT2D eigenvalue weighted by molar-refractivity contribution is 5.86. The van der Waals surface area contributed by atoms with E-state index in [0.717, 1.165) is 38.4 Å². The van der Waals surface area contributed by atoms with Gasteiger partial charge in [0, 0.05) is 32.3 Å². The molecule has 2 fully saturated rings. The molecule has 4 rings (SSSR count). The summed E-state index contributed by atoms with van der Waals surface area (Å²) in [7, 11) is 0. The van der Waals surface area contributed by atoms with Gasteiger partial charge >= 0.3 is 6.03 Å². The SMILES string of the molecule is O=C(NCc1cccc2ccccc12)NCC1CCN(C2CCOCC2)CC1. The summed E-state index contributed by atoms with van der Waals surface area (Å²) in [6, 6.07) is 15.1. The summed E-state index contributed by atoms with van der Waals surface area (Å²) in [6.45, 7) is 5.42. The number of nitrogens with zero attached hydrogens (tertiary/aromatic N) is 1. The second kappa shape index (κ2) is 9.39. The molecule has 0 aromatic heterocycles. The molecule has 2 aliphatic heterocycles. The summed E-state index contributed by atoms with van der Waals surface area (Å²) in [5, 5.41) is 8.50. The van der Waals surface area contributed by atoms with E-state index in [1.54, 1.807) is 0 Å². The van der Waals surface area contributed by atoms with E-state index in [9.17, 15) is 4.79 Å². The van der Waals surface area contributed by atoms with E-state index in [0.29, 0.717) is 18.5 Å². The fourth-order valence-electron chi connectivity index (χ4n) is 4.49. The van der Waals surface area contributed by atoms with Crippen molar-refractivity contribution in [2.75, 3.05) is 32.8 Å². The monoisotopic (exact) mass is 381 g/mol. The molecule has 0 saturated carbocycles. The fourth-order valence-corrected chi connectivity index (χ4v) is 4.49. The molecule has 0 unspecified atom stereocenters. The minimum Gasteiger partial charge on any atom is -0.381 e. The van der Waals surface area contributed by atoms with Crippen LogP contribution in [0.4, 0.5) is 4.79 Å². The first-order valence-corrected chi connectivity index (χ1v) is 10.6. The normalized spacial score (nSPS) is 19.6. The molecule has 2 aromatic carbocycles. The number of ether oxygens (including phenoxy) is 1. The van der Waals surface area contributed by atoms with Crippen molar-refractivity contribution in [1.82, 2.24) is 15.5 Å². The Morgan fingerprint density at radius 2 is 1.71 bits per heavy atom. The maximum absolute atomic E-state index is 12.3. The van der Waals surface area contributed by atoms with Crippen molar-refractivity contribution < 1.29 is 9.53 Å². The number of carbonyl (C=O) groups is 1. The van der Waals surface area contributed by atoms with Crippen molar-refractivity contribution in [3.8, 4) is 0 Å². The van der Waals surface area contributed by atoms with Gasteiger partial charge in [0.25, 0.3) is 0 Å². The predicted molar refractivity (Wildman–Crippen MR) is 112 cm³/mol. The Kier molecular flexibility index (Phi) is 6.45. The lowest BCUT2D eigenvalue weighted by Gasteiger charge is -2.39. The van der Waals surface area contributed by atoms with E-state index in [4.69, 9.17) is 4.74 Å². The lowest BCUT2D eigenvalue weighted by atomic mass is 9.94. The van der Waals surface area contributed by atoms with Crippen molar-refractivity contribution in [2.24, 2.45) is 5.92 Å². The number of benzene rings is 2. The Bertz CT molecular complexity index is 775. The van der Waals surface area contributed by atoms with Gasteiger partial charge in [-0.25, -0.2) is 4.79 Å². The molecule has 2 aromatic rings. The number of amides is 2. The molecule has 2 amide bonds. The summed E-state index contributed by atoms with van der Waals surface area (Å²) in [6.07, 6.45) is 4.67. The number of likely N-dealkylation sites (tertiary alicyclic amines) is 1. The van der Waals surface area contributed by atoms with E-state index >= 15 is 0 Å². The molecule has 2 saturated heterocycles. The zero-order valence-electron chi connectivity index (χ0n) is 16.5. The molecule has 5 nitrogen and oxygen atoms in total. The summed E-state index contributed by atoms with van der Waals surface area (Å²) < 4.78 is 5.47. The van der Waals surface area contributed by atoms with Crippen molar-refractivity contribution >= 4 is 16.8 Å². The number of hydrogen-bond donors (Lipinski definition) is 2. The van der Waals surface area contributed by atoms with Crippen LogP contribution in [0.15, 0.2) is 42.5 Å². The summed E-state index contributed by atoms with van der Waals surface area (Å²) in [5.74, 6) is 0.583. The van der Waals surface area contributed by atoms with Gasteiger partial charge in [0.15, 0.2) is 0 Å². The average molecular weight is 382 g/mol. The summed E-state index contributed by atoms with van der Waals surface area (Å²) in [5.41, 5.74) is 1.15. The molecule has 5 heteroatoms. The highest BCUT2D eigenvalue weighted by atomic mass is 16.5. The van der Waals surface area contributed by atoms with Crippen LogP contribution in [-0.2, 0) is 11.3 Å². The zero-order chi connectivity index (χ0) is 19.2. The minimum absolute atomic E-state index is 0.0696. The van der Waals surface area contributed by atoms with Crippen LogP contribution in [0.1, 0.15) is 31.2 Å². The van der Waals surface area contributed by atoms with Gasteiger partial charge in [-0.2, -0.15) is 0 Å². The average Bonchev–Trinajstić information content (AvgIpc) is 2.77. The largest absolute Gasteiger partial charge is 0.381 e. The van der Waals surface area contributed by atoms with Gasteiger partial charge in [-0.05, 0) is 61.0 Å². The predicted octanol–water partition coefficient (Wildman–Crippen LogP) is 3.53. The topological polar surface area (TPSA) is 53.6 Å². The van der Waals surface area contributed by atoms with Gasteiger partial charge in [0.05, 0.1) is 0 Å². The van der Waals surface area contributed by atoms with Crippen LogP contribution in [0.25, 0.3) is 10.8 Å². The van der Waals surface area contributed by atoms with Crippen LogP contribution in [-0.4, -0.2) is 49.8 Å². The van der Waals surface area contributed by atoms with E-state index in [1.807, 2.05) is 18.2 Å². The molecule has 0 bridgehead atoms. The summed E-state index contributed by atoms with van der Waals surface area (Å²) in [4.78, 5) is 14.9. The molecule has 0 spiro atoms. The quantitative estimate of drug-likeness (QED) is 0.833. The van der Waals surface area contributed by atoms with Crippen molar-refractivity contribution in [3.05, 3.63) is 48.0 Å². The molecule has 0 atom stereocenters. The third kappa shape index (κ3) is 4.83. The Hall–Kier alpha value is -2.11. The molecular formula is C23H31N3O2. The Morgan fingerprint density at radius 3 is 2.54 bits per heavy atom. The van der Waals surface area contributed by atoms with Gasteiger partial charge in [-0.15, -0.1) is 0 Å². The van der Waals surface area contributed by atoms with Crippen LogP contribution in [0.5, 0.6) is 0 Å². The van der Waals surface area contributed by atoms with Crippen LogP contribution in [0.3, 0.4) is 0 Å². The standard InChI is InChI=1S/C23H31N3O2/c27-23(25-17-20-6-3-5-19-4-1-2-7-22(19)20)24-16-18-8-12-26(13-9-18)21-10-14-28-15-11-21/h1-7,18,21H,8-17H2,(H2,24,25,27). The van der Waals surface area contributed by atoms with E-state index in [-0.39, 0.29) is 6.03 Å². The van der Waals surface area contributed by atoms with E-state index < -0.39 is 0 Å². The molecule has 150 valence electrons. The highest BCUT2D eigenvalue weighted by Crippen LogP contribution is 2.23. The van der Waals surface area contributed by atoms with E-state index in [2.05, 4.69) is 39.8 Å². The third-order valence-corrected chi connectivity index (χ3v) is 6.23. The third-order valence-electron chi connectivity index (χ3n) is 6.23. The number of urea groups is 1. The molecule has 2 heterocycles. The number of hydrogen-bond acceptors (Lipinski definition) is 3. The lowest BCUT2D eigenvalue weighted by molar-refractivity contribution is 0.0213. The molecule has 0 radical (unpaired) electrons. The highest BCUT2D eigenvalue weighted by Gasteiger charge is 2.26. The summed E-state index contributed by atoms with van der Waals surface area (Å²) >= 11 is 0. The Morgan fingerprint density at radius 1 is 0.964 bits per heavy atom. The molecular weight excluding hydrogens is 350 g/mol. The van der Waals surface area contributed by atoms with E-state index in [1.165, 1.54) is 36.5 Å². The number of nitrogens with one attached hydrogen (secondary N) is 2. The second-order valence-corrected chi connectivity index (χ2v) is 8.02. The number of piperidine rings is 1. The lowest BCUT2D eigenvalue weighted by Crippen LogP contribution is -2.46. The number of rotatable bonds is 5. The maximum Gasteiger partial charge on any atom is 0.315 e. The fraction of sp³-hybridized carbons (Fsp3) is 0.522. The number of carbonyl (C=O) groups excluding carboxylic acids is 1. The molecule has 2 N–H and O–H groups in total. The first kappa shape index (κ1) is 19.2. The molecule has 28 heavy (non-hydrogen) atoms. The maximum atomic E-state index is 12.3. The van der Waals surface area contributed by atoms with Crippen LogP contribution in [0.2, 0.25) is 0 Å². The van der Waals surface area contributed by atoms with Gasteiger partial charge in [-0.3, -0.25) is 0 Å². The minimum atomic E-state index is -0.0696. The first-order valence-electron chi connectivity index (χ1n) is 10.6. The van der Waals surface area contributed by atoms with Crippen molar-refractivity contribution in [2.45, 2.75) is 38.3 Å². The van der Waals surface area contributed by atoms with Crippen LogP contribution < -0.4 is 10.6 Å². The van der Waals surface area contributed by atoms with Crippen LogP contribution in [0, 0.1) is 5.92 Å². The van der Waals surface area contributed by atoms with Gasteiger partial charge in [0.1, 0.15) is 0 Å². The first-order chi connectivity index (χ1) is 13.8. The smallest absolute Gasteiger partial charge is 0.315 e. The second-order valence-electron chi connectivity index (χ2n) is 8.02. The zero-order valence-corrected chi connectivity index (χ0v) is 16.5. The van der Waals surface area contributed by atoms with Gasteiger partial charge in [-0.1, -0.05) is 42.5 Å². The Labute approximate surface area is 167 Å². The van der Waals surface area contributed by atoms with Gasteiger partial charge < -0.3 is 20.3 Å². The number of fused-ring (bicyclic) bond motifs is 1. The molecule has 2 aliphatic rings.